The standard InChI is InChI=1S/C13H21Cl2OSi/c1-17(2)16-13-6-8-3-9(7-13)5-10(4-8)11(13)12(14)15/h8-12H,3-7H2,1-2H3. The summed E-state index contributed by atoms with van der Waals surface area (Å²) >= 11 is 12.6. The van der Waals surface area contributed by atoms with E-state index in [1.54, 1.807) is 0 Å². The van der Waals surface area contributed by atoms with Gasteiger partial charge in [-0.1, -0.05) is 0 Å². The van der Waals surface area contributed by atoms with E-state index in [1.807, 2.05) is 0 Å². The average Bonchev–Trinajstić information content (AvgIpc) is 2.11. The van der Waals surface area contributed by atoms with Gasteiger partial charge in [0.1, 0.15) is 4.84 Å². The molecular formula is C13H21Cl2OSi. The summed E-state index contributed by atoms with van der Waals surface area (Å²) < 4.78 is 6.46. The van der Waals surface area contributed by atoms with Crippen molar-refractivity contribution in [2.45, 2.75) is 55.6 Å². The summed E-state index contributed by atoms with van der Waals surface area (Å²) in [4.78, 5) is -0.249. The number of rotatable bonds is 3. The summed E-state index contributed by atoms with van der Waals surface area (Å²) in [5, 5.41) is 0. The Morgan fingerprint density at radius 3 is 2.18 bits per heavy atom. The van der Waals surface area contributed by atoms with Crippen LogP contribution in [0.4, 0.5) is 0 Å². The Balaban J connectivity index is 1.91. The first kappa shape index (κ1) is 12.8. The van der Waals surface area contributed by atoms with Gasteiger partial charge in [-0.25, -0.2) is 0 Å². The Morgan fingerprint density at radius 1 is 1.12 bits per heavy atom. The van der Waals surface area contributed by atoms with Crippen molar-refractivity contribution in [3.05, 3.63) is 0 Å². The first-order valence-corrected chi connectivity index (χ1v) is 10.1. The van der Waals surface area contributed by atoms with Crippen molar-refractivity contribution in [2.75, 3.05) is 0 Å². The highest BCUT2D eigenvalue weighted by atomic mass is 35.5. The van der Waals surface area contributed by atoms with E-state index in [4.69, 9.17) is 27.6 Å². The molecule has 0 aromatic rings. The first-order chi connectivity index (χ1) is 8.00. The van der Waals surface area contributed by atoms with Crippen LogP contribution in [0.1, 0.15) is 32.1 Å². The smallest absolute Gasteiger partial charge is 0.205 e. The summed E-state index contributed by atoms with van der Waals surface area (Å²) in [6.45, 7) is 4.47. The molecule has 0 amide bonds. The number of hydrogen-bond donors (Lipinski definition) is 0. The Kier molecular flexibility index (Phi) is 3.30. The zero-order chi connectivity index (χ0) is 12.2. The van der Waals surface area contributed by atoms with Crippen LogP contribution in [-0.4, -0.2) is 19.5 Å². The van der Waals surface area contributed by atoms with E-state index in [-0.39, 0.29) is 10.4 Å². The second-order valence-corrected chi connectivity index (χ2v) is 9.73. The fourth-order valence-electron chi connectivity index (χ4n) is 5.00. The highest BCUT2D eigenvalue weighted by Crippen LogP contribution is 2.61. The highest BCUT2D eigenvalue weighted by Gasteiger charge is 2.59. The number of halogens is 2. The summed E-state index contributed by atoms with van der Waals surface area (Å²) in [6, 6.07) is 0. The van der Waals surface area contributed by atoms with E-state index in [2.05, 4.69) is 13.1 Å². The van der Waals surface area contributed by atoms with Gasteiger partial charge in [0.25, 0.3) is 0 Å². The van der Waals surface area contributed by atoms with Crippen molar-refractivity contribution >= 4 is 32.2 Å². The zero-order valence-corrected chi connectivity index (χ0v) is 13.1. The maximum Gasteiger partial charge on any atom is 0.205 e. The average molecular weight is 292 g/mol. The van der Waals surface area contributed by atoms with Gasteiger partial charge in [-0.2, -0.15) is 0 Å². The van der Waals surface area contributed by atoms with Crippen LogP contribution < -0.4 is 0 Å². The van der Waals surface area contributed by atoms with Crippen molar-refractivity contribution < 1.29 is 4.43 Å². The third kappa shape index (κ3) is 2.09. The molecule has 0 saturated heterocycles. The van der Waals surface area contributed by atoms with Crippen LogP contribution >= 0.6 is 23.2 Å². The van der Waals surface area contributed by atoms with Gasteiger partial charge in [0.2, 0.25) is 9.04 Å². The quantitative estimate of drug-likeness (QED) is 0.558. The van der Waals surface area contributed by atoms with E-state index in [1.165, 1.54) is 32.1 Å². The third-order valence-corrected chi connectivity index (χ3v) is 6.36. The van der Waals surface area contributed by atoms with Crippen molar-refractivity contribution in [1.29, 1.82) is 0 Å². The molecule has 0 N–H and O–H groups in total. The molecule has 0 heterocycles. The van der Waals surface area contributed by atoms with Gasteiger partial charge in [-0.05, 0) is 63.0 Å². The van der Waals surface area contributed by atoms with Gasteiger partial charge in [-0.3, -0.25) is 0 Å². The largest absolute Gasteiger partial charge is 0.411 e. The van der Waals surface area contributed by atoms with Crippen molar-refractivity contribution in [1.82, 2.24) is 0 Å². The fourth-order valence-corrected chi connectivity index (χ4v) is 6.99. The molecule has 3 unspecified atom stereocenters. The molecule has 4 rings (SSSR count). The molecule has 97 valence electrons. The molecular weight excluding hydrogens is 271 g/mol. The van der Waals surface area contributed by atoms with Gasteiger partial charge in [0, 0.05) is 5.92 Å². The van der Waals surface area contributed by atoms with Gasteiger partial charge in [0.15, 0.2) is 0 Å². The maximum absolute atomic E-state index is 6.46. The van der Waals surface area contributed by atoms with Crippen LogP contribution in [0.25, 0.3) is 0 Å². The molecule has 4 aliphatic carbocycles. The van der Waals surface area contributed by atoms with E-state index >= 15 is 0 Å². The predicted molar refractivity (Wildman–Crippen MR) is 73.8 cm³/mol. The number of alkyl halides is 2. The molecule has 1 radical (unpaired) electrons. The molecule has 3 atom stereocenters. The molecule has 0 aromatic carbocycles. The molecule has 0 aromatic heterocycles. The zero-order valence-electron chi connectivity index (χ0n) is 10.6. The Morgan fingerprint density at radius 2 is 1.71 bits per heavy atom. The molecule has 4 heteroatoms. The van der Waals surface area contributed by atoms with Crippen LogP contribution in [0, 0.1) is 23.7 Å². The summed E-state index contributed by atoms with van der Waals surface area (Å²) in [7, 11) is -0.678. The first-order valence-electron chi connectivity index (χ1n) is 6.77. The normalized spacial score (nSPS) is 48.4. The molecule has 4 bridgehead atoms. The Bertz CT molecular complexity index is 288. The van der Waals surface area contributed by atoms with E-state index < -0.39 is 9.04 Å². The van der Waals surface area contributed by atoms with E-state index in [9.17, 15) is 0 Å². The highest BCUT2D eigenvalue weighted by molar-refractivity contribution is 6.48. The van der Waals surface area contributed by atoms with E-state index in [0.29, 0.717) is 5.92 Å². The lowest BCUT2D eigenvalue weighted by atomic mass is 9.50. The van der Waals surface area contributed by atoms with E-state index in [0.717, 1.165) is 17.8 Å². The van der Waals surface area contributed by atoms with Crippen molar-refractivity contribution in [3.8, 4) is 0 Å². The lowest BCUT2D eigenvalue weighted by molar-refractivity contribution is -0.153. The molecule has 1 nitrogen and oxygen atoms in total. The SMILES string of the molecule is C[Si](C)OC12CC3CC(CC(C3)C1C(Cl)Cl)C2. The van der Waals surface area contributed by atoms with Crippen LogP contribution in [0.15, 0.2) is 0 Å². The lowest BCUT2D eigenvalue weighted by Crippen LogP contribution is -2.61. The van der Waals surface area contributed by atoms with Crippen molar-refractivity contribution in [3.63, 3.8) is 0 Å². The Hall–Kier alpha value is 0.757. The fraction of sp³-hybridized carbons (Fsp3) is 1.00. The van der Waals surface area contributed by atoms with Crippen molar-refractivity contribution in [2.24, 2.45) is 23.7 Å². The minimum atomic E-state index is -0.678. The molecule has 4 fully saturated rings. The van der Waals surface area contributed by atoms with Gasteiger partial charge >= 0.3 is 0 Å². The molecule has 4 aliphatic rings. The predicted octanol–water partition coefficient (Wildman–Crippen LogP) is 4.25. The summed E-state index contributed by atoms with van der Waals surface area (Å²) in [5.41, 5.74) is 0.0424. The van der Waals surface area contributed by atoms with Crippen LogP contribution in [0.2, 0.25) is 13.1 Å². The third-order valence-electron chi connectivity index (χ3n) is 5.00. The Labute approximate surface area is 116 Å². The van der Waals surface area contributed by atoms with Crippen LogP contribution in [0.5, 0.6) is 0 Å². The summed E-state index contributed by atoms with van der Waals surface area (Å²) in [5.74, 6) is 2.88. The second kappa shape index (κ2) is 4.40. The molecule has 17 heavy (non-hydrogen) atoms. The van der Waals surface area contributed by atoms with Gasteiger partial charge in [0.05, 0.1) is 5.60 Å². The van der Waals surface area contributed by atoms with Gasteiger partial charge < -0.3 is 4.43 Å². The number of hydrogen-bond acceptors (Lipinski definition) is 1. The van der Waals surface area contributed by atoms with Crippen LogP contribution in [-0.2, 0) is 4.43 Å². The van der Waals surface area contributed by atoms with Crippen LogP contribution in [0.3, 0.4) is 0 Å². The molecule has 4 saturated carbocycles. The second-order valence-electron chi connectivity index (χ2n) is 6.54. The maximum atomic E-state index is 6.46. The van der Waals surface area contributed by atoms with Gasteiger partial charge in [-0.15, -0.1) is 23.2 Å². The molecule has 0 spiro atoms. The lowest BCUT2D eigenvalue weighted by Gasteiger charge is -2.61. The molecule has 0 aliphatic heterocycles. The monoisotopic (exact) mass is 291 g/mol. The summed E-state index contributed by atoms with van der Waals surface area (Å²) in [6.07, 6.45) is 6.56. The topological polar surface area (TPSA) is 9.23 Å². The minimum Gasteiger partial charge on any atom is -0.411 e. The minimum absolute atomic E-state index is 0.0424.